The van der Waals surface area contributed by atoms with Gasteiger partial charge in [0.1, 0.15) is 17.5 Å². The summed E-state index contributed by atoms with van der Waals surface area (Å²) in [6.07, 6.45) is 1.81. The molecule has 0 bridgehead atoms. The van der Waals surface area contributed by atoms with Crippen molar-refractivity contribution in [1.29, 1.82) is 0 Å². The van der Waals surface area contributed by atoms with Crippen molar-refractivity contribution in [1.82, 2.24) is 10.3 Å². The third kappa shape index (κ3) is 4.54. The maximum Gasteiger partial charge on any atom is 0.328 e. The summed E-state index contributed by atoms with van der Waals surface area (Å²) in [6.45, 7) is 0. The number of hydrogen-bond acceptors (Lipinski definition) is 5. The highest BCUT2D eigenvalue weighted by molar-refractivity contribution is 5.95. The number of amides is 1. The zero-order valence-corrected chi connectivity index (χ0v) is 13.0. The summed E-state index contributed by atoms with van der Waals surface area (Å²) in [7, 11) is 2.85. The molecule has 23 heavy (non-hydrogen) atoms. The second-order valence-corrected chi connectivity index (χ2v) is 4.82. The Bertz CT molecular complexity index is 673. The molecule has 0 spiro atoms. The van der Waals surface area contributed by atoms with Gasteiger partial charge in [-0.3, -0.25) is 9.78 Å². The Balaban J connectivity index is 2.14. The minimum Gasteiger partial charge on any atom is -0.497 e. The molecule has 1 aromatic carbocycles. The second kappa shape index (κ2) is 7.93. The molecule has 1 atom stereocenters. The number of esters is 1. The number of aromatic nitrogens is 1. The van der Waals surface area contributed by atoms with Crippen molar-refractivity contribution in [3.05, 3.63) is 59.9 Å². The van der Waals surface area contributed by atoms with Crippen molar-refractivity contribution in [3.63, 3.8) is 0 Å². The molecule has 0 unspecified atom stereocenters. The number of nitrogens with one attached hydrogen (secondary N) is 1. The van der Waals surface area contributed by atoms with Crippen LogP contribution < -0.4 is 10.1 Å². The fraction of sp³-hybridized carbons (Fsp3) is 0.235. The van der Waals surface area contributed by atoms with Gasteiger partial charge in [-0.1, -0.05) is 18.2 Å². The number of pyridine rings is 1. The summed E-state index contributed by atoms with van der Waals surface area (Å²) in [5.74, 6) is -0.261. The Morgan fingerprint density at radius 3 is 2.65 bits per heavy atom. The van der Waals surface area contributed by atoms with E-state index in [-0.39, 0.29) is 5.69 Å². The minimum atomic E-state index is -0.804. The van der Waals surface area contributed by atoms with Crippen molar-refractivity contribution in [2.24, 2.45) is 0 Å². The molecule has 0 fully saturated rings. The second-order valence-electron chi connectivity index (χ2n) is 4.82. The van der Waals surface area contributed by atoms with Crippen LogP contribution >= 0.6 is 0 Å². The first-order chi connectivity index (χ1) is 11.1. The van der Waals surface area contributed by atoms with Crippen LogP contribution in [0.2, 0.25) is 0 Å². The van der Waals surface area contributed by atoms with Gasteiger partial charge in [0.2, 0.25) is 0 Å². The van der Waals surface area contributed by atoms with Crippen LogP contribution in [0.3, 0.4) is 0 Å². The van der Waals surface area contributed by atoms with Crippen LogP contribution in [0.1, 0.15) is 16.1 Å². The van der Waals surface area contributed by atoms with Crippen LogP contribution in [0.25, 0.3) is 0 Å². The molecule has 1 N–H and O–H groups in total. The Morgan fingerprint density at radius 1 is 1.17 bits per heavy atom. The normalized spacial score (nSPS) is 11.4. The molecule has 1 heterocycles. The van der Waals surface area contributed by atoms with Crippen LogP contribution in [0, 0.1) is 0 Å². The van der Waals surface area contributed by atoms with Crippen molar-refractivity contribution < 1.29 is 19.1 Å². The molecule has 6 nitrogen and oxygen atoms in total. The van der Waals surface area contributed by atoms with Crippen molar-refractivity contribution >= 4 is 11.9 Å². The maximum absolute atomic E-state index is 12.2. The molecule has 120 valence electrons. The number of benzene rings is 1. The SMILES string of the molecule is COC(=O)[C@@H](Cc1cccc(OC)c1)NC(=O)c1ccccn1. The van der Waals surface area contributed by atoms with E-state index in [0.29, 0.717) is 12.2 Å². The third-order valence-corrected chi connectivity index (χ3v) is 3.26. The molecular weight excluding hydrogens is 296 g/mol. The molecule has 6 heteroatoms. The van der Waals surface area contributed by atoms with Crippen LogP contribution in [-0.2, 0) is 16.0 Å². The van der Waals surface area contributed by atoms with Crippen molar-refractivity contribution in [2.45, 2.75) is 12.5 Å². The predicted octanol–water partition coefficient (Wildman–Crippen LogP) is 1.60. The molecule has 0 aliphatic rings. The average molecular weight is 314 g/mol. The first-order valence-electron chi connectivity index (χ1n) is 7.06. The van der Waals surface area contributed by atoms with Gasteiger partial charge in [-0.2, -0.15) is 0 Å². The first-order valence-corrected chi connectivity index (χ1v) is 7.06. The average Bonchev–Trinajstić information content (AvgIpc) is 2.61. The lowest BCUT2D eigenvalue weighted by molar-refractivity contribution is -0.142. The molecule has 2 aromatic rings. The van der Waals surface area contributed by atoms with E-state index in [1.165, 1.54) is 13.3 Å². The van der Waals surface area contributed by atoms with Crippen molar-refractivity contribution in [3.8, 4) is 5.75 Å². The molecular formula is C17H18N2O4. The molecule has 0 aliphatic heterocycles. The first kappa shape index (κ1) is 16.5. The summed E-state index contributed by atoms with van der Waals surface area (Å²) in [6, 6.07) is 11.5. The molecule has 1 amide bonds. The zero-order chi connectivity index (χ0) is 16.7. The largest absolute Gasteiger partial charge is 0.497 e. The van der Waals surface area contributed by atoms with Crippen molar-refractivity contribution in [2.75, 3.05) is 14.2 Å². The van der Waals surface area contributed by atoms with Gasteiger partial charge in [-0.25, -0.2) is 4.79 Å². The summed E-state index contributed by atoms with van der Waals surface area (Å²) < 4.78 is 9.93. The van der Waals surface area contributed by atoms with E-state index in [0.717, 1.165) is 5.56 Å². The highest BCUT2D eigenvalue weighted by Gasteiger charge is 2.23. The van der Waals surface area contributed by atoms with Gasteiger partial charge in [-0.05, 0) is 29.8 Å². The van der Waals surface area contributed by atoms with E-state index in [9.17, 15) is 9.59 Å². The molecule has 0 saturated carbocycles. The zero-order valence-electron chi connectivity index (χ0n) is 13.0. The van der Waals surface area contributed by atoms with E-state index in [2.05, 4.69) is 10.3 Å². The summed E-state index contributed by atoms with van der Waals surface area (Å²) >= 11 is 0. The van der Waals surface area contributed by atoms with Crippen LogP contribution in [0.4, 0.5) is 0 Å². The molecule has 0 saturated heterocycles. The van der Waals surface area contributed by atoms with Gasteiger partial charge in [0.15, 0.2) is 0 Å². The summed E-state index contributed by atoms with van der Waals surface area (Å²) in [4.78, 5) is 28.1. The van der Waals surface area contributed by atoms with Gasteiger partial charge < -0.3 is 14.8 Å². The Morgan fingerprint density at radius 2 is 2.00 bits per heavy atom. The summed E-state index contributed by atoms with van der Waals surface area (Å²) in [5, 5.41) is 2.65. The van der Waals surface area contributed by atoms with E-state index in [4.69, 9.17) is 9.47 Å². The number of carbonyl (C=O) groups is 2. The molecule has 0 radical (unpaired) electrons. The van der Waals surface area contributed by atoms with E-state index >= 15 is 0 Å². The summed E-state index contributed by atoms with van der Waals surface area (Å²) in [5.41, 5.74) is 1.09. The molecule has 1 aromatic heterocycles. The number of hydrogen-bond donors (Lipinski definition) is 1. The van der Waals surface area contributed by atoms with Crippen LogP contribution in [0.15, 0.2) is 48.7 Å². The molecule has 2 rings (SSSR count). The number of rotatable bonds is 6. The minimum absolute atomic E-state index is 0.243. The smallest absolute Gasteiger partial charge is 0.328 e. The van der Waals surface area contributed by atoms with Gasteiger partial charge in [-0.15, -0.1) is 0 Å². The van der Waals surface area contributed by atoms with E-state index < -0.39 is 17.9 Å². The topological polar surface area (TPSA) is 77.5 Å². The lowest BCUT2D eigenvalue weighted by atomic mass is 10.1. The fourth-order valence-electron chi connectivity index (χ4n) is 2.10. The van der Waals surface area contributed by atoms with Crippen LogP contribution in [0.5, 0.6) is 5.75 Å². The Labute approximate surface area is 134 Å². The van der Waals surface area contributed by atoms with Gasteiger partial charge in [0, 0.05) is 12.6 Å². The monoisotopic (exact) mass is 314 g/mol. The standard InChI is InChI=1S/C17H18N2O4/c1-22-13-7-5-6-12(10-13)11-15(17(21)23-2)19-16(20)14-8-3-4-9-18-14/h3-10,15H,11H2,1-2H3,(H,19,20)/t15-/m1/s1. The highest BCUT2D eigenvalue weighted by Crippen LogP contribution is 2.14. The van der Waals surface area contributed by atoms with Gasteiger partial charge in [0.05, 0.1) is 14.2 Å². The fourth-order valence-corrected chi connectivity index (χ4v) is 2.10. The van der Waals surface area contributed by atoms with E-state index in [1.807, 2.05) is 24.3 Å². The van der Waals surface area contributed by atoms with E-state index in [1.54, 1.807) is 25.3 Å². The number of ether oxygens (including phenoxy) is 2. The number of nitrogens with zero attached hydrogens (tertiary/aromatic N) is 1. The highest BCUT2D eigenvalue weighted by atomic mass is 16.5. The third-order valence-electron chi connectivity index (χ3n) is 3.26. The molecule has 0 aliphatic carbocycles. The predicted molar refractivity (Wildman–Crippen MR) is 84.2 cm³/mol. The Kier molecular flexibility index (Phi) is 5.68. The van der Waals surface area contributed by atoms with Gasteiger partial charge >= 0.3 is 5.97 Å². The van der Waals surface area contributed by atoms with Crippen LogP contribution in [-0.4, -0.2) is 37.1 Å². The quantitative estimate of drug-likeness (QED) is 0.820. The lowest BCUT2D eigenvalue weighted by Crippen LogP contribution is -2.43. The van der Waals surface area contributed by atoms with Gasteiger partial charge in [0.25, 0.3) is 5.91 Å². The number of carbonyl (C=O) groups excluding carboxylic acids is 2. The Hall–Kier alpha value is -2.89. The maximum atomic E-state index is 12.2. The number of methoxy groups -OCH3 is 2. The lowest BCUT2D eigenvalue weighted by Gasteiger charge is -2.16.